The number of hydrogen-bond donors (Lipinski definition) is 0. The molecule has 0 saturated heterocycles. The Labute approximate surface area is 123 Å². The topological polar surface area (TPSA) is 6.48 Å². The summed E-state index contributed by atoms with van der Waals surface area (Å²) in [6.45, 7) is 11.5. The summed E-state index contributed by atoms with van der Waals surface area (Å²) in [5, 5.41) is 0. The molecule has 0 spiro atoms. The zero-order chi connectivity index (χ0) is 11.4. The van der Waals surface area contributed by atoms with Gasteiger partial charge in [-0.05, 0) is 24.2 Å². The zero-order valence-corrected chi connectivity index (χ0v) is 12.9. The van der Waals surface area contributed by atoms with E-state index in [0.29, 0.717) is 0 Å². The lowest BCUT2D eigenvalue weighted by molar-refractivity contribution is 0.216. The van der Waals surface area contributed by atoms with Crippen molar-refractivity contribution in [3.8, 4) is 0 Å². The van der Waals surface area contributed by atoms with Gasteiger partial charge in [0.05, 0.1) is 0 Å². The fraction of sp³-hybridized carbons (Fsp3) is 0.571. The summed E-state index contributed by atoms with van der Waals surface area (Å²) in [6.07, 6.45) is 0. The molecular formula is C14H24Cl2N2. The van der Waals surface area contributed by atoms with Gasteiger partial charge in [0.25, 0.3) is 0 Å². The summed E-state index contributed by atoms with van der Waals surface area (Å²) < 4.78 is 0. The number of likely N-dealkylation sites (N-methyl/N-ethyl adjacent to an activating group) is 1. The lowest BCUT2D eigenvalue weighted by Crippen LogP contribution is -2.32. The van der Waals surface area contributed by atoms with Crippen LogP contribution in [-0.2, 0) is 13.1 Å². The van der Waals surface area contributed by atoms with Gasteiger partial charge in [0.2, 0.25) is 0 Å². The standard InChI is InChI=1S/C14H22N2.2ClH/c1-3-15(4-2)9-10-16-11-13-7-5-6-8-14(13)12-16;;/h5-8H,3-4,9-12H2,1-2H3;2*1H. The van der Waals surface area contributed by atoms with Gasteiger partial charge >= 0.3 is 0 Å². The molecule has 0 fully saturated rings. The van der Waals surface area contributed by atoms with Gasteiger partial charge in [-0.25, -0.2) is 0 Å². The minimum Gasteiger partial charge on any atom is -0.303 e. The molecule has 1 aliphatic rings. The van der Waals surface area contributed by atoms with Gasteiger partial charge < -0.3 is 4.90 Å². The maximum atomic E-state index is 2.54. The van der Waals surface area contributed by atoms with Gasteiger partial charge in [-0.2, -0.15) is 0 Å². The average molecular weight is 291 g/mol. The molecule has 2 rings (SSSR count). The van der Waals surface area contributed by atoms with Crippen LogP contribution in [0.5, 0.6) is 0 Å². The van der Waals surface area contributed by atoms with Gasteiger partial charge in [0.15, 0.2) is 0 Å². The van der Waals surface area contributed by atoms with E-state index in [1.54, 1.807) is 0 Å². The van der Waals surface area contributed by atoms with Crippen LogP contribution in [0.25, 0.3) is 0 Å². The molecule has 4 heteroatoms. The first-order valence-electron chi connectivity index (χ1n) is 6.35. The normalized spacial score (nSPS) is 13.9. The van der Waals surface area contributed by atoms with E-state index >= 15 is 0 Å². The second-order valence-electron chi connectivity index (χ2n) is 4.51. The van der Waals surface area contributed by atoms with Crippen LogP contribution >= 0.6 is 24.8 Å². The Morgan fingerprint density at radius 2 is 1.50 bits per heavy atom. The van der Waals surface area contributed by atoms with Crippen molar-refractivity contribution in [3.63, 3.8) is 0 Å². The summed E-state index contributed by atoms with van der Waals surface area (Å²) in [7, 11) is 0. The van der Waals surface area contributed by atoms with Crippen LogP contribution in [0.3, 0.4) is 0 Å². The van der Waals surface area contributed by atoms with E-state index in [2.05, 4.69) is 47.9 Å². The molecule has 0 unspecified atom stereocenters. The lowest BCUT2D eigenvalue weighted by Gasteiger charge is -2.22. The van der Waals surface area contributed by atoms with Crippen LogP contribution in [0.2, 0.25) is 0 Å². The maximum absolute atomic E-state index is 2.54. The Hall–Kier alpha value is -0.280. The molecule has 0 aromatic heterocycles. The van der Waals surface area contributed by atoms with Crippen molar-refractivity contribution in [2.75, 3.05) is 26.2 Å². The first kappa shape index (κ1) is 17.7. The van der Waals surface area contributed by atoms with E-state index < -0.39 is 0 Å². The highest BCUT2D eigenvalue weighted by Crippen LogP contribution is 2.21. The molecule has 2 nitrogen and oxygen atoms in total. The van der Waals surface area contributed by atoms with Crippen molar-refractivity contribution < 1.29 is 0 Å². The van der Waals surface area contributed by atoms with Crippen molar-refractivity contribution in [1.29, 1.82) is 0 Å². The van der Waals surface area contributed by atoms with E-state index in [1.807, 2.05) is 0 Å². The predicted molar refractivity (Wildman–Crippen MR) is 82.8 cm³/mol. The molecule has 18 heavy (non-hydrogen) atoms. The molecule has 104 valence electrons. The molecule has 0 aliphatic carbocycles. The highest BCUT2D eigenvalue weighted by Gasteiger charge is 2.17. The van der Waals surface area contributed by atoms with Crippen LogP contribution in [0.15, 0.2) is 24.3 Å². The molecule has 1 aromatic rings. The van der Waals surface area contributed by atoms with Crippen molar-refractivity contribution in [3.05, 3.63) is 35.4 Å². The van der Waals surface area contributed by atoms with Crippen molar-refractivity contribution in [1.82, 2.24) is 9.80 Å². The minimum absolute atomic E-state index is 0. The summed E-state index contributed by atoms with van der Waals surface area (Å²) in [4.78, 5) is 5.03. The number of hydrogen-bond acceptors (Lipinski definition) is 2. The smallest absolute Gasteiger partial charge is 0.0241 e. The van der Waals surface area contributed by atoms with Crippen LogP contribution in [-0.4, -0.2) is 36.0 Å². The average Bonchev–Trinajstić information content (AvgIpc) is 2.73. The van der Waals surface area contributed by atoms with E-state index in [1.165, 1.54) is 24.2 Å². The van der Waals surface area contributed by atoms with Gasteiger partial charge in [0.1, 0.15) is 0 Å². The van der Waals surface area contributed by atoms with Crippen LogP contribution < -0.4 is 0 Å². The van der Waals surface area contributed by atoms with Gasteiger partial charge in [-0.15, -0.1) is 24.8 Å². The quantitative estimate of drug-likeness (QED) is 0.822. The second kappa shape index (κ2) is 8.76. The monoisotopic (exact) mass is 290 g/mol. The van der Waals surface area contributed by atoms with E-state index in [0.717, 1.165) is 26.2 Å². The Kier molecular flexibility index (Phi) is 8.62. The molecule has 0 atom stereocenters. The molecule has 0 amide bonds. The molecule has 0 bridgehead atoms. The van der Waals surface area contributed by atoms with Crippen molar-refractivity contribution in [2.24, 2.45) is 0 Å². The molecule has 0 saturated carbocycles. The minimum atomic E-state index is 0. The van der Waals surface area contributed by atoms with Gasteiger partial charge in [-0.1, -0.05) is 38.1 Å². The Morgan fingerprint density at radius 3 is 1.94 bits per heavy atom. The zero-order valence-electron chi connectivity index (χ0n) is 11.3. The highest BCUT2D eigenvalue weighted by atomic mass is 35.5. The number of benzene rings is 1. The van der Waals surface area contributed by atoms with E-state index in [9.17, 15) is 0 Å². The van der Waals surface area contributed by atoms with E-state index in [4.69, 9.17) is 0 Å². The Balaban J connectivity index is 0.00000144. The Bertz CT molecular complexity index is 315. The molecule has 0 radical (unpaired) electrons. The van der Waals surface area contributed by atoms with Crippen LogP contribution in [0.4, 0.5) is 0 Å². The third-order valence-corrected chi connectivity index (χ3v) is 3.53. The highest BCUT2D eigenvalue weighted by molar-refractivity contribution is 5.85. The van der Waals surface area contributed by atoms with Crippen LogP contribution in [0, 0.1) is 0 Å². The SMILES string of the molecule is CCN(CC)CCN1Cc2ccccc2C1.Cl.Cl. The number of rotatable bonds is 5. The second-order valence-corrected chi connectivity index (χ2v) is 4.51. The first-order valence-corrected chi connectivity index (χ1v) is 6.35. The third-order valence-electron chi connectivity index (χ3n) is 3.53. The summed E-state index contributed by atoms with van der Waals surface area (Å²) in [5.41, 5.74) is 3.03. The number of fused-ring (bicyclic) bond motifs is 1. The van der Waals surface area contributed by atoms with Gasteiger partial charge in [-0.3, -0.25) is 4.90 Å². The fourth-order valence-electron chi connectivity index (χ4n) is 2.38. The Morgan fingerprint density at radius 1 is 1.00 bits per heavy atom. The van der Waals surface area contributed by atoms with Crippen LogP contribution in [0.1, 0.15) is 25.0 Å². The molecule has 1 aromatic carbocycles. The largest absolute Gasteiger partial charge is 0.303 e. The molecule has 0 N–H and O–H groups in total. The number of nitrogens with zero attached hydrogens (tertiary/aromatic N) is 2. The van der Waals surface area contributed by atoms with Crippen molar-refractivity contribution >= 4 is 24.8 Å². The molecule has 1 aliphatic heterocycles. The summed E-state index contributed by atoms with van der Waals surface area (Å²) in [5.74, 6) is 0. The molecular weight excluding hydrogens is 267 g/mol. The van der Waals surface area contributed by atoms with Crippen molar-refractivity contribution in [2.45, 2.75) is 26.9 Å². The number of halogens is 2. The fourth-order valence-corrected chi connectivity index (χ4v) is 2.38. The van der Waals surface area contributed by atoms with Gasteiger partial charge in [0, 0.05) is 26.2 Å². The van der Waals surface area contributed by atoms with E-state index in [-0.39, 0.29) is 24.8 Å². The lowest BCUT2D eigenvalue weighted by atomic mass is 10.1. The molecule has 1 heterocycles. The first-order chi connectivity index (χ1) is 7.83. The summed E-state index contributed by atoms with van der Waals surface area (Å²) >= 11 is 0. The summed E-state index contributed by atoms with van der Waals surface area (Å²) in [6, 6.07) is 8.80. The maximum Gasteiger partial charge on any atom is 0.0241 e. The third kappa shape index (κ3) is 4.43. The predicted octanol–water partition coefficient (Wildman–Crippen LogP) is 3.19.